The third kappa shape index (κ3) is 5.68. The number of nitrogens with zero attached hydrogens (tertiary/aromatic N) is 3. The van der Waals surface area contributed by atoms with Gasteiger partial charge in [-0.15, -0.1) is 15.9 Å². The fourth-order valence-corrected chi connectivity index (χ4v) is 6.32. The summed E-state index contributed by atoms with van der Waals surface area (Å²) in [5.74, 6) is 2.19. The van der Waals surface area contributed by atoms with Crippen molar-refractivity contribution in [1.82, 2.24) is 15.0 Å². The van der Waals surface area contributed by atoms with E-state index in [1.807, 2.05) is 6.20 Å². The Morgan fingerprint density at radius 1 is 1.30 bits per heavy atom. The Bertz CT molecular complexity index is 400. The summed E-state index contributed by atoms with van der Waals surface area (Å²) in [7, 11) is 1.90. The van der Waals surface area contributed by atoms with Crippen molar-refractivity contribution in [3.8, 4) is 0 Å². The highest BCUT2D eigenvalue weighted by molar-refractivity contribution is 9.08. The first kappa shape index (κ1) is 16.2. The average molecular weight is 316 g/mol. The Hall–Kier alpha value is -0.160. The zero-order valence-electron chi connectivity index (χ0n) is 13.2. The van der Waals surface area contributed by atoms with Gasteiger partial charge in [-0.3, -0.25) is 0 Å². The first-order valence-corrected chi connectivity index (χ1v) is 11.7. The highest BCUT2D eigenvalue weighted by Gasteiger charge is 2.32. The minimum atomic E-state index is -0.260. The number of aryl methyl sites for hydroxylation is 2. The maximum Gasteiger partial charge on any atom is 0.0725 e. The molecule has 0 radical (unpaired) electrons. The van der Waals surface area contributed by atoms with E-state index in [0.717, 1.165) is 12.5 Å². The van der Waals surface area contributed by atoms with Gasteiger partial charge in [0.2, 0.25) is 0 Å². The van der Waals surface area contributed by atoms with Crippen LogP contribution in [0, 0.1) is 5.92 Å². The van der Waals surface area contributed by atoms with E-state index in [1.54, 1.807) is 0 Å². The van der Waals surface area contributed by atoms with Crippen LogP contribution >= 0.6 is 19.9 Å². The lowest BCUT2D eigenvalue weighted by molar-refractivity contribution is 0.483. The summed E-state index contributed by atoms with van der Waals surface area (Å²) >= 11 is 0. The zero-order valence-corrected chi connectivity index (χ0v) is 14.8. The lowest BCUT2D eigenvalue weighted by Gasteiger charge is -2.11. The summed E-state index contributed by atoms with van der Waals surface area (Å²) in [5, 5.41) is 9.76. The third-order valence-corrected chi connectivity index (χ3v) is 9.64. The number of hydrogen-bond donors (Lipinski definition) is 0. The molecule has 1 fully saturated rings. The topological polar surface area (TPSA) is 30.7 Å². The summed E-state index contributed by atoms with van der Waals surface area (Å²) in [6.07, 6.45) is 12.3. The van der Waals surface area contributed by atoms with E-state index >= 15 is 0 Å². The van der Waals surface area contributed by atoms with Crippen molar-refractivity contribution in [2.75, 3.05) is 17.1 Å². The van der Waals surface area contributed by atoms with Crippen LogP contribution in [0.1, 0.15) is 51.6 Å². The fourth-order valence-electron chi connectivity index (χ4n) is 2.35. The van der Waals surface area contributed by atoms with Gasteiger partial charge < -0.3 is 0 Å². The number of rotatable bonds is 10. The molecule has 1 saturated heterocycles. The standard InChI is InChI=1S/C15H29N3S2/c1-14(2)8-6-4-5-7-10-18-15(12-16-17-18)9-11-20(3)13-19-20/h12,14H,4-11,13H2,1-3H3. The van der Waals surface area contributed by atoms with Gasteiger partial charge in [-0.1, -0.05) is 44.7 Å². The third-order valence-electron chi connectivity index (χ3n) is 3.91. The Balaban J connectivity index is 1.61. The van der Waals surface area contributed by atoms with Crippen LogP contribution in [0.5, 0.6) is 0 Å². The van der Waals surface area contributed by atoms with Crippen molar-refractivity contribution in [2.24, 2.45) is 5.92 Å². The van der Waals surface area contributed by atoms with Gasteiger partial charge in [0.05, 0.1) is 11.9 Å². The second-order valence-electron chi connectivity index (χ2n) is 6.42. The van der Waals surface area contributed by atoms with Gasteiger partial charge in [-0.25, -0.2) is 4.68 Å². The molecule has 2 heterocycles. The van der Waals surface area contributed by atoms with E-state index in [4.69, 9.17) is 0 Å². The second-order valence-corrected chi connectivity index (χ2v) is 13.5. The Kier molecular flexibility index (Phi) is 6.27. The monoisotopic (exact) mass is 315 g/mol. The lowest BCUT2D eigenvalue weighted by Crippen LogP contribution is -2.07. The summed E-state index contributed by atoms with van der Waals surface area (Å²) in [4.78, 5) is 0. The van der Waals surface area contributed by atoms with Crippen LogP contribution in [0.4, 0.5) is 0 Å². The van der Waals surface area contributed by atoms with Crippen LogP contribution in [0.2, 0.25) is 0 Å². The molecule has 0 bridgehead atoms. The summed E-state index contributed by atoms with van der Waals surface area (Å²) in [6.45, 7) is 5.67. The predicted molar refractivity (Wildman–Crippen MR) is 92.5 cm³/mol. The van der Waals surface area contributed by atoms with Gasteiger partial charge in [-0.2, -0.15) is 9.06 Å². The molecule has 1 aromatic rings. The molecule has 20 heavy (non-hydrogen) atoms. The zero-order chi connectivity index (χ0) is 14.4. The molecular weight excluding hydrogens is 286 g/mol. The molecule has 0 aliphatic carbocycles. The van der Waals surface area contributed by atoms with Crippen LogP contribution in [0.3, 0.4) is 0 Å². The molecule has 0 saturated carbocycles. The molecule has 3 nitrogen and oxygen atoms in total. The first-order valence-electron chi connectivity index (χ1n) is 7.84. The van der Waals surface area contributed by atoms with E-state index in [-0.39, 0.29) is 9.06 Å². The van der Waals surface area contributed by atoms with E-state index < -0.39 is 0 Å². The van der Waals surface area contributed by atoms with E-state index in [2.05, 4.69) is 45.9 Å². The van der Waals surface area contributed by atoms with Crippen molar-refractivity contribution in [1.29, 1.82) is 0 Å². The summed E-state index contributed by atoms with van der Waals surface area (Å²) in [5.41, 5.74) is 1.34. The molecule has 1 aromatic heterocycles. The minimum absolute atomic E-state index is 0.260. The molecular formula is C15H29N3S2. The van der Waals surface area contributed by atoms with Crippen molar-refractivity contribution < 1.29 is 0 Å². The minimum Gasteiger partial charge on any atom is -0.249 e. The molecule has 116 valence electrons. The largest absolute Gasteiger partial charge is 0.249 e. The van der Waals surface area contributed by atoms with Crippen LogP contribution in [-0.4, -0.2) is 32.1 Å². The summed E-state index contributed by atoms with van der Waals surface area (Å²) < 4.78 is 2.14. The van der Waals surface area contributed by atoms with Crippen molar-refractivity contribution in [2.45, 2.75) is 58.9 Å². The van der Waals surface area contributed by atoms with Crippen molar-refractivity contribution >= 4 is 19.9 Å². The van der Waals surface area contributed by atoms with Gasteiger partial charge in [0.15, 0.2) is 0 Å². The quantitative estimate of drug-likeness (QED) is 0.362. The second kappa shape index (κ2) is 7.74. The molecule has 1 unspecified atom stereocenters. The van der Waals surface area contributed by atoms with Crippen molar-refractivity contribution in [3.63, 3.8) is 0 Å². The lowest BCUT2D eigenvalue weighted by atomic mass is 10.0. The highest BCUT2D eigenvalue weighted by atomic mass is 33.2. The normalized spacial score (nSPS) is 24.8. The van der Waals surface area contributed by atoms with Gasteiger partial charge in [-0.05, 0) is 30.8 Å². The molecule has 0 aromatic carbocycles. The molecule has 2 rings (SSSR count). The highest BCUT2D eigenvalue weighted by Crippen LogP contribution is 2.75. The average Bonchev–Trinajstić information content (AvgIpc) is 2.98. The fraction of sp³-hybridized carbons (Fsp3) is 0.867. The molecule has 0 N–H and O–H groups in total. The Morgan fingerprint density at radius 2 is 2.05 bits per heavy atom. The van der Waals surface area contributed by atoms with Gasteiger partial charge >= 0.3 is 0 Å². The van der Waals surface area contributed by atoms with Crippen LogP contribution in [-0.2, 0) is 13.0 Å². The number of hydrogen-bond acceptors (Lipinski definition) is 3. The van der Waals surface area contributed by atoms with Gasteiger partial charge in [0.25, 0.3) is 0 Å². The van der Waals surface area contributed by atoms with E-state index in [9.17, 15) is 0 Å². The van der Waals surface area contributed by atoms with Gasteiger partial charge in [0.1, 0.15) is 0 Å². The molecule has 1 aliphatic rings. The molecule has 5 heteroatoms. The number of unbranched alkanes of at least 4 members (excludes halogenated alkanes) is 3. The number of aromatic nitrogens is 3. The molecule has 1 atom stereocenters. The van der Waals surface area contributed by atoms with Crippen LogP contribution < -0.4 is 0 Å². The smallest absolute Gasteiger partial charge is 0.0725 e. The Morgan fingerprint density at radius 3 is 2.75 bits per heavy atom. The summed E-state index contributed by atoms with van der Waals surface area (Å²) in [6, 6.07) is 0. The van der Waals surface area contributed by atoms with Gasteiger partial charge in [0, 0.05) is 11.6 Å². The van der Waals surface area contributed by atoms with Crippen molar-refractivity contribution in [3.05, 3.63) is 11.9 Å². The van der Waals surface area contributed by atoms with E-state index in [1.165, 1.54) is 55.1 Å². The van der Waals surface area contributed by atoms with Crippen LogP contribution in [0.25, 0.3) is 0 Å². The Labute approximate surface area is 129 Å². The first-order chi connectivity index (χ1) is 9.59. The molecule has 1 aliphatic heterocycles. The van der Waals surface area contributed by atoms with E-state index in [0.29, 0.717) is 0 Å². The van der Waals surface area contributed by atoms with Crippen LogP contribution in [0.15, 0.2) is 6.20 Å². The maximum absolute atomic E-state index is 4.25. The predicted octanol–water partition coefficient (Wildman–Crippen LogP) is 4.48. The molecule has 0 spiro atoms. The maximum atomic E-state index is 4.25. The SMILES string of the molecule is CC(C)CCCCCCn1nncc1CCS1(C)CS1. The molecule has 0 amide bonds.